The molecular weight excluding hydrogens is 316 g/mol. The summed E-state index contributed by atoms with van der Waals surface area (Å²) in [5.41, 5.74) is 3.19. The van der Waals surface area contributed by atoms with Gasteiger partial charge in [-0.1, -0.05) is 32.0 Å². The maximum absolute atomic E-state index is 12.1. The molecule has 0 bridgehead atoms. The van der Waals surface area contributed by atoms with Gasteiger partial charge in [-0.3, -0.25) is 4.79 Å². The van der Waals surface area contributed by atoms with E-state index in [1.165, 1.54) is 5.56 Å². The summed E-state index contributed by atoms with van der Waals surface area (Å²) in [5, 5.41) is 2.72. The van der Waals surface area contributed by atoms with Crippen LogP contribution in [0.3, 0.4) is 0 Å². The van der Waals surface area contributed by atoms with E-state index in [9.17, 15) is 9.59 Å². The minimum absolute atomic E-state index is 0.322. The van der Waals surface area contributed by atoms with Crippen LogP contribution in [0.2, 0.25) is 0 Å². The minimum Gasteiger partial charge on any atom is -0.452 e. The molecule has 25 heavy (non-hydrogen) atoms. The molecule has 5 heteroatoms. The van der Waals surface area contributed by atoms with Gasteiger partial charge in [0, 0.05) is 25.5 Å². The summed E-state index contributed by atoms with van der Waals surface area (Å²) in [7, 11) is 3.78. The van der Waals surface area contributed by atoms with E-state index in [1.54, 1.807) is 18.2 Å². The number of hydrogen-bond donors (Lipinski definition) is 1. The Bertz CT molecular complexity index is 737. The molecule has 0 unspecified atom stereocenters. The number of anilines is 2. The zero-order chi connectivity index (χ0) is 18.4. The van der Waals surface area contributed by atoms with Crippen molar-refractivity contribution in [2.75, 3.05) is 30.9 Å². The van der Waals surface area contributed by atoms with Gasteiger partial charge in [0.15, 0.2) is 6.61 Å². The largest absolute Gasteiger partial charge is 0.452 e. The fourth-order valence-corrected chi connectivity index (χ4v) is 2.27. The second kappa shape index (κ2) is 8.33. The van der Waals surface area contributed by atoms with Crippen LogP contribution in [0.1, 0.15) is 35.7 Å². The number of carbonyl (C=O) groups excluding carboxylic acids is 2. The van der Waals surface area contributed by atoms with E-state index in [2.05, 4.69) is 19.2 Å². The number of ether oxygens (including phenoxy) is 1. The molecule has 0 aliphatic rings. The lowest BCUT2D eigenvalue weighted by atomic mass is 10.0. The predicted octanol–water partition coefficient (Wildman–Crippen LogP) is 3.67. The molecule has 0 radical (unpaired) electrons. The van der Waals surface area contributed by atoms with Crippen molar-refractivity contribution >= 4 is 23.3 Å². The third kappa shape index (κ3) is 5.35. The van der Waals surface area contributed by atoms with Crippen molar-refractivity contribution in [1.82, 2.24) is 0 Å². The molecule has 0 saturated heterocycles. The van der Waals surface area contributed by atoms with Crippen LogP contribution >= 0.6 is 0 Å². The van der Waals surface area contributed by atoms with Gasteiger partial charge in [0.25, 0.3) is 5.91 Å². The minimum atomic E-state index is -0.519. The Morgan fingerprint density at radius 1 is 1.08 bits per heavy atom. The number of carbonyl (C=O) groups is 2. The predicted molar refractivity (Wildman–Crippen MR) is 100 cm³/mol. The zero-order valence-electron chi connectivity index (χ0n) is 15.1. The Balaban J connectivity index is 1.89. The topological polar surface area (TPSA) is 58.6 Å². The number of hydrogen-bond acceptors (Lipinski definition) is 4. The molecule has 0 heterocycles. The second-order valence-corrected chi connectivity index (χ2v) is 6.35. The van der Waals surface area contributed by atoms with Gasteiger partial charge in [-0.15, -0.1) is 0 Å². The van der Waals surface area contributed by atoms with Crippen molar-refractivity contribution < 1.29 is 14.3 Å². The van der Waals surface area contributed by atoms with Gasteiger partial charge in [-0.05, 0) is 41.8 Å². The van der Waals surface area contributed by atoms with E-state index in [0.717, 1.165) is 5.69 Å². The second-order valence-electron chi connectivity index (χ2n) is 6.35. The number of esters is 1. The first-order chi connectivity index (χ1) is 11.9. The highest BCUT2D eigenvalue weighted by molar-refractivity contribution is 5.95. The highest BCUT2D eigenvalue weighted by Crippen LogP contribution is 2.17. The first kappa shape index (κ1) is 18.5. The third-order valence-electron chi connectivity index (χ3n) is 3.79. The average Bonchev–Trinajstić information content (AvgIpc) is 2.60. The summed E-state index contributed by atoms with van der Waals surface area (Å²) >= 11 is 0. The van der Waals surface area contributed by atoms with Gasteiger partial charge in [-0.2, -0.15) is 0 Å². The van der Waals surface area contributed by atoms with Gasteiger partial charge in [0.1, 0.15) is 0 Å². The summed E-state index contributed by atoms with van der Waals surface area (Å²) < 4.78 is 5.09. The molecule has 0 fully saturated rings. The SMILES string of the molecule is CC(C)c1ccc(NC(=O)COC(=O)c2cccc(N(C)C)c2)cc1. The van der Waals surface area contributed by atoms with E-state index in [4.69, 9.17) is 4.74 Å². The summed E-state index contributed by atoms with van der Waals surface area (Å²) in [4.78, 5) is 25.9. The molecule has 0 aliphatic carbocycles. The Kier molecular flexibility index (Phi) is 6.17. The maximum Gasteiger partial charge on any atom is 0.338 e. The smallest absolute Gasteiger partial charge is 0.338 e. The molecule has 0 saturated carbocycles. The normalized spacial score (nSPS) is 10.4. The highest BCUT2D eigenvalue weighted by Gasteiger charge is 2.11. The number of nitrogens with zero attached hydrogens (tertiary/aromatic N) is 1. The lowest BCUT2D eigenvalue weighted by Gasteiger charge is -2.13. The third-order valence-corrected chi connectivity index (χ3v) is 3.79. The Morgan fingerprint density at radius 2 is 1.76 bits per heavy atom. The summed E-state index contributed by atoms with van der Waals surface area (Å²) in [5.74, 6) is -0.452. The van der Waals surface area contributed by atoms with Crippen LogP contribution in [-0.2, 0) is 9.53 Å². The van der Waals surface area contributed by atoms with Crippen molar-refractivity contribution in [3.8, 4) is 0 Å². The number of benzene rings is 2. The fraction of sp³-hybridized carbons (Fsp3) is 0.300. The van der Waals surface area contributed by atoms with E-state index in [1.807, 2.05) is 49.3 Å². The fourth-order valence-electron chi connectivity index (χ4n) is 2.27. The van der Waals surface area contributed by atoms with Crippen LogP contribution in [0.15, 0.2) is 48.5 Å². The quantitative estimate of drug-likeness (QED) is 0.815. The van der Waals surface area contributed by atoms with Crippen molar-refractivity contribution in [3.63, 3.8) is 0 Å². The monoisotopic (exact) mass is 340 g/mol. The van der Waals surface area contributed by atoms with Gasteiger partial charge in [0.2, 0.25) is 0 Å². The van der Waals surface area contributed by atoms with Crippen LogP contribution in [0.25, 0.3) is 0 Å². The highest BCUT2D eigenvalue weighted by atomic mass is 16.5. The molecule has 0 aliphatic heterocycles. The molecular formula is C20H24N2O3. The number of nitrogens with one attached hydrogen (secondary N) is 1. The molecule has 0 aromatic heterocycles. The molecule has 132 valence electrons. The van der Waals surface area contributed by atoms with Gasteiger partial charge < -0.3 is 15.0 Å². The maximum atomic E-state index is 12.1. The van der Waals surface area contributed by atoms with Gasteiger partial charge in [0.05, 0.1) is 5.56 Å². The van der Waals surface area contributed by atoms with E-state index in [-0.39, 0.29) is 12.5 Å². The van der Waals surface area contributed by atoms with Gasteiger partial charge >= 0.3 is 5.97 Å². The first-order valence-corrected chi connectivity index (χ1v) is 8.21. The first-order valence-electron chi connectivity index (χ1n) is 8.21. The molecule has 0 atom stereocenters. The molecule has 1 N–H and O–H groups in total. The van der Waals surface area contributed by atoms with Crippen LogP contribution in [0, 0.1) is 0 Å². The molecule has 2 rings (SSSR count). The summed E-state index contributed by atoms with van der Waals surface area (Å²) in [6.07, 6.45) is 0. The number of amides is 1. The van der Waals surface area contributed by atoms with E-state index >= 15 is 0 Å². The Hall–Kier alpha value is -2.82. The van der Waals surface area contributed by atoms with Crippen LogP contribution < -0.4 is 10.2 Å². The number of rotatable bonds is 6. The summed E-state index contributed by atoms with van der Waals surface area (Å²) in [6.45, 7) is 3.90. The lowest BCUT2D eigenvalue weighted by molar-refractivity contribution is -0.119. The van der Waals surface area contributed by atoms with Crippen molar-refractivity contribution in [3.05, 3.63) is 59.7 Å². The van der Waals surface area contributed by atoms with Crippen molar-refractivity contribution in [1.29, 1.82) is 0 Å². The van der Waals surface area contributed by atoms with E-state index in [0.29, 0.717) is 17.2 Å². The standard InChI is InChI=1S/C20H24N2O3/c1-14(2)15-8-10-17(11-9-15)21-19(23)13-25-20(24)16-6-5-7-18(12-16)22(3)4/h5-12,14H,13H2,1-4H3,(H,21,23). The van der Waals surface area contributed by atoms with Crippen molar-refractivity contribution in [2.45, 2.75) is 19.8 Å². The van der Waals surface area contributed by atoms with Gasteiger partial charge in [-0.25, -0.2) is 4.79 Å². The molecule has 2 aromatic carbocycles. The Morgan fingerprint density at radius 3 is 2.36 bits per heavy atom. The van der Waals surface area contributed by atoms with Crippen LogP contribution in [0.4, 0.5) is 11.4 Å². The van der Waals surface area contributed by atoms with Crippen LogP contribution in [0.5, 0.6) is 0 Å². The lowest BCUT2D eigenvalue weighted by Crippen LogP contribution is -2.21. The molecule has 1 amide bonds. The molecule has 5 nitrogen and oxygen atoms in total. The molecule has 0 spiro atoms. The molecule has 2 aromatic rings. The Labute approximate surface area is 148 Å². The van der Waals surface area contributed by atoms with Crippen LogP contribution in [-0.4, -0.2) is 32.6 Å². The summed E-state index contributed by atoms with van der Waals surface area (Å²) in [6, 6.07) is 14.7. The van der Waals surface area contributed by atoms with Crippen molar-refractivity contribution in [2.24, 2.45) is 0 Å². The van der Waals surface area contributed by atoms with E-state index < -0.39 is 5.97 Å². The average molecular weight is 340 g/mol. The zero-order valence-corrected chi connectivity index (χ0v) is 15.1.